The third-order valence-electron chi connectivity index (χ3n) is 3.15. The second-order valence-corrected chi connectivity index (χ2v) is 5.77. The van der Waals surface area contributed by atoms with Crippen molar-refractivity contribution in [3.63, 3.8) is 0 Å². The van der Waals surface area contributed by atoms with Crippen molar-refractivity contribution < 1.29 is 4.79 Å². The number of thiazole rings is 1. The Bertz CT molecular complexity index is 771. The first-order valence-corrected chi connectivity index (χ1v) is 7.60. The Hall–Kier alpha value is -2.60. The van der Waals surface area contributed by atoms with E-state index in [1.165, 1.54) is 0 Å². The second-order valence-electron chi connectivity index (χ2n) is 4.69. The van der Waals surface area contributed by atoms with Crippen LogP contribution in [0.5, 0.6) is 0 Å². The number of aromatic nitrogens is 3. The van der Waals surface area contributed by atoms with Gasteiger partial charge in [-0.25, -0.2) is 4.98 Å². The van der Waals surface area contributed by atoms with E-state index in [2.05, 4.69) is 20.3 Å². The third-order valence-corrected chi connectivity index (χ3v) is 4.36. The summed E-state index contributed by atoms with van der Waals surface area (Å²) in [5.74, 6) is -0.113. The number of hydrogen-bond acceptors (Lipinski definition) is 5. The molecule has 110 valence electrons. The summed E-state index contributed by atoms with van der Waals surface area (Å²) in [6.45, 7) is 2.41. The zero-order chi connectivity index (χ0) is 15.4. The van der Waals surface area contributed by atoms with Gasteiger partial charge in [0.05, 0.1) is 12.2 Å². The van der Waals surface area contributed by atoms with Crippen molar-refractivity contribution in [1.29, 1.82) is 0 Å². The van der Waals surface area contributed by atoms with E-state index in [9.17, 15) is 4.79 Å². The average molecular weight is 310 g/mol. The van der Waals surface area contributed by atoms with Gasteiger partial charge in [0, 0.05) is 40.8 Å². The summed E-state index contributed by atoms with van der Waals surface area (Å²) in [6.07, 6.45) is 6.73. The van der Waals surface area contributed by atoms with Crippen molar-refractivity contribution in [2.45, 2.75) is 13.5 Å². The van der Waals surface area contributed by atoms with Crippen LogP contribution >= 0.6 is 11.3 Å². The van der Waals surface area contributed by atoms with Crippen LogP contribution in [0.3, 0.4) is 0 Å². The first-order valence-electron chi connectivity index (χ1n) is 6.79. The molecular weight excluding hydrogens is 296 g/mol. The largest absolute Gasteiger partial charge is 0.347 e. The van der Waals surface area contributed by atoms with Gasteiger partial charge in [-0.3, -0.25) is 14.8 Å². The molecule has 1 amide bonds. The van der Waals surface area contributed by atoms with Gasteiger partial charge < -0.3 is 5.32 Å². The maximum atomic E-state index is 12.0. The highest BCUT2D eigenvalue weighted by molar-refractivity contribution is 7.15. The number of amides is 1. The first-order chi connectivity index (χ1) is 10.7. The zero-order valence-corrected chi connectivity index (χ0v) is 12.8. The number of rotatable bonds is 4. The molecule has 3 aromatic heterocycles. The summed E-state index contributed by atoms with van der Waals surface area (Å²) in [7, 11) is 0. The van der Waals surface area contributed by atoms with Crippen LogP contribution < -0.4 is 5.32 Å². The first kappa shape index (κ1) is 14.3. The highest BCUT2D eigenvalue weighted by atomic mass is 32.1. The minimum absolute atomic E-state index is 0.113. The minimum Gasteiger partial charge on any atom is -0.347 e. The fourth-order valence-corrected chi connectivity index (χ4v) is 2.96. The Morgan fingerprint density at radius 3 is 2.73 bits per heavy atom. The molecule has 0 spiro atoms. The fraction of sp³-hybridized carbons (Fsp3) is 0.125. The van der Waals surface area contributed by atoms with Crippen molar-refractivity contribution in [1.82, 2.24) is 20.3 Å². The number of nitrogens with one attached hydrogen (secondary N) is 1. The molecule has 0 aliphatic carbocycles. The molecule has 3 rings (SSSR count). The summed E-state index contributed by atoms with van der Waals surface area (Å²) in [6, 6.07) is 7.24. The lowest BCUT2D eigenvalue weighted by atomic mass is 10.2. The molecule has 3 aromatic rings. The predicted molar refractivity (Wildman–Crippen MR) is 85.5 cm³/mol. The van der Waals surface area contributed by atoms with Gasteiger partial charge in [0.25, 0.3) is 5.91 Å². The molecule has 0 atom stereocenters. The van der Waals surface area contributed by atoms with E-state index in [0.717, 1.165) is 21.1 Å². The third kappa shape index (κ3) is 3.17. The molecule has 0 unspecified atom stereocenters. The summed E-state index contributed by atoms with van der Waals surface area (Å²) in [5.41, 5.74) is 2.52. The highest BCUT2D eigenvalue weighted by Gasteiger charge is 2.11. The molecule has 0 saturated carbocycles. The summed E-state index contributed by atoms with van der Waals surface area (Å²) in [4.78, 5) is 25.6. The Balaban J connectivity index is 1.71. The van der Waals surface area contributed by atoms with Gasteiger partial charge >= 0.3 is 0 Å². The normalized spacial score (nSPS) is 10.4. The number of pyridine rings is 2. The smallest absolute Gasteiger partial charge is 0.251 e. The molecule has 6 heteroatoms. The van der Waals surface area contributed by atoms with Crippen LogP contribution in [0.4, 0.5) is 0 Å². The van der Waals surface area contributed by atoms with Crippen LogP contribution in [0.2, 0.25) is 0 Å². The van der Waals surface area contributed by atoms with Gasteiger partial charge in [-0.2, -0.15) is 0 Å². The Morgan fingerprint density at radius 2 is 2.00 bits per heavy atom. The van der Waals surface area contributed by atoms with Gasteiger partial charge in [-0.05, 0) is 31.2 Å². The number of carbonyl (C=O) groups excluding carboxylic acids is 1. The summed E-state index contributed by atoms with van der Waals surface area (Å²) in [5, 5.41) is 3.82. The van der Waals surface area contributed by atoms with E-state index in [0.29, 0.717) is 12.1 Å². The standard InChI is InChI=1S/C16H14N4OS/c1-11-14(10-19-15(21)12-4-7-17-8-5-12)22-16(20-11)13-3-2-6-18-9-13/h2-9H,10H2,1H3,(H,19,21). The van der Waals surface area contributed by atoms with Crippen molar-refractivity contribution >= 4 is 17.2 Å². The minimum atomic E-state index is -0.113. The van der Waals surface area contributed by atoms with Gasteiger partial charge in [0.2, 0.25) is 0 Å². The highest BCUT2D eigenvalue weighted by Crippen LogP contribution is 2.27. The molecule has 0 aromatic carbocycles. The van der Waals surface area contributed by atoms with Gasteiger partial charge in [-0.15, -0.1) is 11.3 Å². The molecule has 0 radical (unpaired) electrons. The van der Waals surface area contributed by atoms with E-state index in [-0.39, 0.29) is 5.91 Å². The molecule has 22 heavy (non-hydrogen) atoms. The number of carbonyl (C=O) groups is 1. The lowest BCUT2D eigenvalue weighted by Crippen LogP contribution is -2.22. The maximum Gasteiger partial charge on any atom is 0.251 e. The van der Waals surface area contributed by atoms with Gasteiger partial charge in [0.1, 0.15) is 5.01 Å². The van der Waals surface area contributed by atoms with Gasteiger partial charge in [0.15, 0.2) is 0 Å². The Morgan fingerprint density at radius 1 is 1.18 bits per heavy atom. The zero-order valence-electron chi connectivity index (χ0n) is 12.0. The van der Waals surface area contributed by atoms with E-state index in [1.807, 2.05) is 19.1 Å². The van der Waals surface area contributed by atoms with Crippen molar-refractivity contribution in [2.24, 2.45) is 0 Å². The molecule has 3 heterocycles. The maximum absolute atomic E-state index is 12.0. The number of aryl methyl sites for hydroxylation is 1. The lowest BCUT2D eigenvalue weighted by Gasteiger charge is -2.03. The van der Waals surface area contributed by atoms with Crippen molar-refractivity contribution in [3.05, 3.63) is 65.2 Å². The molecule has 1 N–H and O–H groups in total. The summed E-state index contributed by atoms with van der Waals surface area (Å²) >= 11 is 1.57. The molecular formula is C16H14N4OS. The van der Waals surface area contributed by atoms with Crippen LogP contribution in [-0.4, -0.2) is 20.9 Å². The van der Waals surface area contributed by atoms with E-state index in [4.69, 9.17) is 0 Å². The SMILES string of the molecule is Cc1nc(-c2cccnc2)sc1CNC(=O)c1ccncc1. The quantitative estimate of drug-likeness (QED) is 0.804. The molecule has 5 nitrogen and oxygen atoms in total. The lowest BCUT2D eigenvalue weighted by molar-refractivity contribution is 0.0951. The van der Waals surface area contributed by atoms with Crippen LogP contribution in [-0.2, 0) is 6.54 Å². The average Bonchev–Trinajstić information content (AvgIpc) is 2.95. The predicted octanol–water partition coefficient (Wildman–Crippen LogP) is 2.84. The molecule has 0 aliphatic rings. The summed E-state index contributed by atoms with van der Waals surface area (Å²) < 4.78 is 0. The Labute approximate surface area is 132 Å². The molecule has 0 aliphatic heterocycles. The molecule has 0 bridgehead atoms. The van der Waals surface area contributed by atoms with Crippen LogP contribution in [0.15, 0.2) is 49.1 Å². The van der Waals surface area contributed by atoms with E-state index < -0.39 is 0 Å². The van der Waals surface area contributed by atoms with Crippen molar-refractivity contribution in [2.75, 3.05) is 0 Å². The van der Waals surface area contributed by atoms with E-state index >= 15 is 0 Å². The topological polar surface area (TPSA) is 67.8 Å². The molecule has 0 fully saturated rings. The van der Waals surface area contributed by atoms with Crippen LogP contribution in [0.1, 0.15) is 20.9 Å². The van der Waals surface area contributed by atoms with Crippen LogP contribution in [0.25, 0.3) is 10.6 Å². The monoisotopic (exact) mass is 310 g/mol. The van der Waals surface area contributed by atoms with E-state index in [1.54, 1.807) is 48.3 Å². The second kappa shape index (κ2) is 6.44. The van der Waals surface area contributed by atoms with Gasteiger partial charge in [-0.1, -0.05) is 0 Å². The fourth-order valence-electron chi connectivity index (χ4n) is 1.97. The number of hydrogen-bond donors (Lipinski definition) is 1. The van der Waals surface area contributed by atoms with Crippen LogP contribution in [0, 0.1) is 6.92 Å². The Kier molecular flexibility index (Phi) is 4.20. The number of nitrogens with zero attached hydrogens (tertiary/aromatic N) is 3. The van der Waals surface area contributed by atoms with Crippen molar-refractivity contribution in [3.8, 4) is 10.6 Å². The molecule has 0 saturated heterocycles.